The average Bonchev–Trinajstić information content (AvgIpc) is 1.62. The van der Waals surface area contributed by atoms with Crippen molar-refractivity contribution >= 4 is 22.4 Å². The molecule has 0 aliphatic heterocycles. The minimum absolute atomic E-state index is 0. The summed E-state index contributed by atoms with van der Waals surface area (Å²) in [5, 5.41) is 1.19. The molecule has 0 saturated carbocycles. The van der Waals surface area contributed by atoms with Crippen LogP contribution in [0.1, 0.15) is 20.8 Å². The van der Waals surface area contributed by atoms with Gasteiger partial charge in [0.15, 0.2) is 0 Å². The molecular formula is C5H10ClLiOS. The first kappa shape index (κ1) is 12.7. The fraction of sp³-hybridized carbons (Fsp3) is 0.800. The molecule has 0 spiro atoms. The fourth-order valence-corrected chi connectivity index (χ4v) is 1.20. The van der Waals surface area contributed by atoms with Crippen molar-refractivity contribution in [3.8, 4) is 0 Å². The van der Waals surface area contributed by atoms with Gasteiger partial charge >= 0.3 is 18.9 Å². The van der Waals surface area contributed by atoms with Gasteiger partial charge in [-0.15, -0.1) is 10.8 Å². The van der Waals surface area contributed by atoms with Crippen LogP contribution in [-0.2, 0) is 10.8 Å². The van der Waals surface area contributed by atoms with Gasteiger partial charge in [0.1, 0.15) is 0 Å². The predicted molar refractivity (Wildman–Crippen MR) is 38.0 cm³/mol. The van der Waals surface area contributed by atoms with E-state index < -0.39 is 10.8 Å². The molecule has 0 aromatic carbocycles. The van der Waals surface area contributed by atoms with Crippen LogP contribution in [0.3, 0.4) is 0 Å². The molecule has 4 heteroatoms. The van der Waals surface area contributed by atoms with Gasteiger partial charge in [0.05, 0.1) is 0 Å². The molecule has 0 fully saturated rings. The Morgan fingerprint density at radius 1 is 1.44 bits per heavy atom. The van der Waals surface area contributed by atoms with Crippen molar-refractivity contribution in [3.05, 3.63) is 5.21 Å². The molecule has 0 aliphatic rings. The Morgan fingerprint density at radius 2 is 1.78 bits per heavy atom. The van der Waals surface area contributed by atoms with Gasteiger partial charge in [-0.3, -0.25) is 4.21 Å². The first-order valence-corrected chi connectivity index (χ1v) is 3.97. The molecule has 1 atom stereocenters. The maximum absolute atomic E-state index is 10.8. The predicted octanol–water partition coefficient (Wildman–Crippen LogP) is -1.10. The zero-order valence-electron chi connectivity index (χ0n) is 6.27. The van der Waals surface area contributed by atoms with Crippen molar-refractivity contribution in [2.24, 2.45) is 0 Å². The van der Waals surface area contributed by atoms with Gasteiger partial charge in [0.2, 0.25) is 0 Å². The summed E-state index contributed by atoms with van der Waals surface area (Å²) in [7, 11) is -1.00. The number of hydrogen-bond donors (Lipinski definition) is 0. The molecule has 0 saturated heterocycles. The summed E-state index contributed by atoms with van der Waals surface area (Å²) >= 11 is 5.21. The van der Waals surface area contributed by atoms with Gasteiger partial charge in [-0.05, 0) is 0 Å². The molecule has 0 N–H and O–H groups in total. The Balaban J connectivity index is 0. The normalized spacial score (nSPS) is 14.2. The summed E-state index contributed by atoms with van der Waals surface area (Å²) < 4.78 is 10.6. The van der Waals surface area contributed by atoms with Gasteiger partial charge in [-0.1, -0.05) is 20.8 Å². The molecule has 0 aromatic heterocycles. The van der Waals surface area contributed by atoms with Gasteiger partial charge in [0.25, 0.3) is 0 Å². The van der Waals surface area contributed by atoms with E-state index in [2.05, 4.69) is 0 Å². The van der Waals surface area contributed by atoms with Crippen LogP contribution in [-0.4, -0.2) is 8.96 Å². The van der Waals surface area contributed by atoms with Crippen LogP contribution >= 0.6 is 11.6 Å². The maximum atomic E-state index is 10.8. The SMILES string of the molecule is CC(C)(C)S(=O)[CH-]Cl.[Li+]. The molecule has 50 valence electrons. The molecule has 0 amide bonds. The van der Waals surface area contributed by atoms with E-state index in [1.807, 2.05) is 20.8 Å². The van der Waals surface area contributed by atoms with E-state index in [-0.39, 0.29) is 23.6 Å². The van der Waals surface area contributed by atoms with E-state index in [1.165, 1.54) is 5.21 Å². The standard InChI is InChI=1S/C5H10ClOS.Li/c1-5(2,3)8(7)4-6;/h4H,1-3H3;/q-1;+1. The third-order valence-corrected chi connectivity index (χ3v) is 2.54. The third kappa shape index (κ3) is 5.48. The van der Waals surface area contributed by atoms with E-state index in [0.717, 1.165) is 0 Å². The molecule has 0 aromatic rings. The van der Waals surface area contributed by atoms with E-state index in [9.17, 15) is 4.21 Å². The summed E-state index contributed by atoms with van der Waals surface area (Å²) in [4.78, 5) is 0. The van der Waals surface area contributed by atoms with Crippen molar-refractivity contribution in [1.29, 1.82) is 0 Å². The molecule has 0 heterocycles. The van der Waals surface area contributed by atoms with Crippen molar-refractivity contribution in [3.63, 3.8) is 0 Å². The van der Waals surface area contributed by atoms with Gasteiger partial charge < -0.3 is 11.6 Å². The van der Waals surface area contributed by atoms with Crippen LogP contribution in [0, 0.1) is 5.21 Å². The number of rotatable bonds is 1. The zero-order valence-corrected chi connectivity index (χ0v) is 7.84. The van der Waals surface area contributed by atoms with E-state index in [4.69, 9.17) is 11.6 Å². The Kier molecular flexibility index (Phi) is 6.76. The summed E-state index contributed by atoms with van der Waals surface area (Å²) in [5.41, 5.74) is 0. The smallest absolute Gasteiger partial charge is 0.335 e. The van der Waals surface area contributed by atoms with Gasteiger partial charge in [0, 0.05) is 4.75 Å². The van der Waals surface area contributed by atoms with Crippen LogP contribution < -0.4 is 18.9 Å². The van der Waals surface area contributed by atoms with Crippen molar-refractivity contribution < 1.29 is 23.1 Å². The summed E-state index contributed by atoms with van der Waals surface area (Å²) in [5.74, 6) is 0. The zero-order chi connectivity index (χ0) is 6.78. The molecule has 1 unspecified atom stereocenters. The molecule has 1 nitrogen and oxygen atoms in total. The van der Waals surface area contributed by atoms with Crippen LogP contribution in [0.25, 0.3) is 0 Å². The molecule has 0 radical (unpaired) electrons. The average molecular weight is 161 g/mol. The molecule has 0 rings (SSSR count). The minimum Gasteiger partial charge on any atom is -0.335 e. The summed E-state index contributed by atoms with van der Waals surface area (Å²) in [6.07, 6.45) is 0. The summed E-state index contributed by atoms with van der Waals surface area (Å²) in [6, 6.07) is 0. The van der Waals surface area contributed by atoms with E-state index >= 15 is 0 Å². The Bertz CT molecular complexity index is 99.6. The van der Waals surface area contributed by atoms with E-state index in [0.29, 0.717) is 0 Å². The Morgan fingerprint density at radius 3 is 1.78 bits per heavy atom. The number of halogens is 1. The van der Waals surface area contributed by atoms with Crippen molar-refractivity contribution in [1.82, 2.24) is 0 Å². The maximum Gasteiger partial charge on any atom is 1.00 e. The molecule has 9 heavy (non-hydrogen) atoms. The molecular weight excluding hydrogens is 151 g/mol. The first-order valence-electron chi connectivity index (χ1n) is 2.32. The second-order valence-electron chi connectivity index (χ2n) is 2.50. The summed E-state index contributed by atoms with van der Waals surface area (Å²) in [6.45, 7) is 5.63. The first-order chi connectivity index (χ1) is 3.48. The quantitative estimate of drug-likeness (QED) is 0.352. The minimum atomic E-state index is -1.00. The van der Waals surface area contributed by atoms with Crippen LogP contribution in [0.5, 0.6) is 0 Å². The van der Waals surface area contributed by atoms with Gasteiger partial charge in [-0.2, -0.15) is 5.21 Å². The third-order valence-electron chi connectivity index (χ3n) is 0.684. The van der Waals surface area contributed by atoms with Crippen LogP contribution in [0.4, 0.5) is 0 Å². The second kappa shape index (κ2) is 4.79. The Labute approximate surface area is 76.2 Å². The van der Waals surface area contributed by atoms with E-state index in [1.54, 1.807) is 0 Å². The molecule has 0 bridgehead atoms. The number of hydrogen-bond acceptors (Lipinski definition) is 1. The van der Waals surface area contributed by atoms with Gasteiger partial charge in [-0.25, -0.2) is 0 Å². The largest absolute Gasteiger partial charge is 1.00 e. The monoisotopic (exact) mass is 160 g/mol. The van der Waals surface area contributed by atoms with Crippen LogP contribution in [0.2, 0.25) is 0 Å². The van der Waals surface area contributed by atoms with Crippen molar-refractivity contribution in [2.75, 3.05) is 0 Å². The molecule has 0 aliphatic carbocycles. The van der Waals surface area contributed by atoms with Crippen molar-refractivity contribution in [2.45, 2.75) is 25.5 Å². The Hall–Kier alpha value is 1.04. The topological polar surface area (TPSA) is 17.1 Å². The fourth-order valence-electron chi connectivity index (χ4n) is 0.134. The second-order valence-corrected chi connectivity index (χ2v) is 5.03. The van der Waals surface area contributed by atoms with Crippen LogP contribution in [0.15, 0.2) is 0 Å².